The van der Waals surface area contributed by atoms with E-state index in [0.717, 1.165) is 43.4 Å². The molecule has 0 saturated heterocycles. The van der Waals surface area contributed by atoms with Crippen LogP contribution in [0.15, 0.2) is 43.1 Å². The van der Waals surface area contributed by atoms with Gasteiger partial charge in [-0.3, -0.25) is 4.98 Å². The first-order valence-corrected chi connectivity index (χ1v) is 11.7. The average molecular weight is 435 g/mol. The summed E-state index contributed by atoms with van der Waals surface area (Å²) in [4.78, 5) is 17.4. The highest BCUT2D eigenvalue weighted by Gasteiger charge is 2.46. The molecule has 1 heterocycles. The monoisotopic (exact) mass is 434 g/mol. The molecule has 0 radical (unpaired) electrons. The minimum absolute atomic E-state index is 0.0734. The number of benzene rings is 1. The van der Waals surface area contributed by atoms with Crippen LogP contribution in [0.1, 0.15) is 87.4 Å². The van der Waals surface area contributed by atoms with Crippen LogP contribution in [0, 0.1) is 19.3 Å². The third-order valence-corrected chi connectivity index (χ3v) is 6.66. The maximum absolute atomic E-state index is 12.8. The standard InChI is InChI=1S/C28H38N2O2/c1-8-15-28(16-13-20(3)24-21(4)19(2)14-17-29-24)18-22-11-9-10-12-23(22)25(28)30-26(31)32-27(5,6)7/h9-12,14,17,25H,3,8,13,15-16,18H2,1-2,4-7H3,(H,30,31)/t25-,28?/m1/s1. The molecule has 32 heavy (non-hydrogen) atoms. The third-order valence-electron chi connectivity index (χ3n) is 6.66. The molecule has 1 unspecified atom stereocenters. The van der Waals surface area contributed by atoms with E-state index in [1.165, 1.54) is 22.3 Å². The van der Waals surface area contributed by atoms with Crippen LogP contribution in [0.2, 0.25) is 0 Å². The Labute approximate surface area is 193 Å². The van der Waals surface area contributed by atoms with Crippen molar-refractivity contribution in [2.75, 3.05) is 0 Å². The van der Waals surface area contributed by atoms with Gasteiger partial charge in [-0.2, -0.15) is 0 Å². The van der Waals surface area contributed by atoms with Crippen LogP contribution in [0.5, 0.6) is 0 Å². The van der Waals surface area contributed by atoms with E-state index in [9.17, 15) is 4.79 Å². The zero-order valence-corrected chi connectivity index (χ0v) is 20.5. The van der Waals surface area contributed by atoms with E-state index >= 15 is 0 Å². The van der Waals surface area contributed by atoms with Crippen molar-refractivity contribution in [1.29, 1.82) is 0 Å². The van der Waals surface area contributed by atoms with Gasteiger partial charge in [0.15, 0.2) is 0 Å². The molecule has 172 valence electrons. The fourth-order valence-electron chi connectivity index (χ4n) is 5.04. The summed E-state index contributed by atoms with van der Waals surface area (Å²) in [5.74, 6) is 0. The number of hydrogen-bond acceptors (Lipinski definition) is 3. The van der Waals surface area contributed by atoms with E-state index in [2.05, 4.69) is 61.9 Å². The fraction of sp³-hybridized carbons (Fsp3) is 0.500. The van der Waals surface area contributed by atoms with Crippen molar-refractivity contribution in [2.45, 2.75) is 85.3 Å². The Morgan fingerprint density at radius 2 is 1.94 bits per heavy atom. The Bertz CT molecular complexity index is 989. The molecular weight excluding hydrogens is 396 g/mol. The molecular formula is C28H38N2O2. The van der Waals surface area contributed by atoms with Crippen LogP contribution in [-0.4, -0.2) is 16.7 Å². The quantitative estimate of drug-likeness (QED) is 0.505. The van der Waals surface area contributed by atoms with Gasteiger partial charge >= 0.3 is 6.09 Å². The molecule has 1 amide bonds. The van der Waals surface area contributed by atoms with Crippen molar-refractivity contribution in [1.82, 2.24) is 10.3 Å². The molecule has 2 atom stereocenters. The normalized spacial score (nSPS) is 20.0. The molecule has 0 saturated carbocycles. The van der Waals surface area contributed by atoms with Crippen LogP contribution >= 0.6 is 0 Å². The lowest BCUT2D eigenvalue weighted by atomic mass is 9.72. The highest BCUT2D eigenvalue weighted by atomic mass is 16.6. The number of aromatic nitrogens is 1. The summed E-state index contributed by atoms with van der Waals surface area (Å²) >= 11 is 0. The zero-order chi connectivity index (χ0) is 23.5. The summed E-state index contributed by atoms with van der Waals surface area (Å²) in [6.07, 6.45) is 6.31. The van der Waals surface area contributed by atoms with Gasteiger partial charge in [0.05, 0.1) is 11.7 Å². The Hall–Kier alpha value is -2.62. The summed E-state index contributed by atoms with van der Waals surface area (Å²) in [5, 5.41) is 3.24. The van der Waals surface area contributed by atoms with Gasteiger partial charge in [0.25, 0.3) is 0 Å². The molecule has 1 aromatic heterocycles. The average Bonchev–Trinajstić information content (AvgIpc) is 3.00. The topological polar surface area (TPSA) is 51.2 Å². The Balaban J connectivity index is 1.88. The molecule has 1 aliphatic carbocycles. The van der Waals surface area contributed by atoms with Gasteiger partial charge < -0.3 is 10.1 Å². The van der Waals surface area contributed by atoms with Crippen LogP contribution < -0.4 is 5.32 Å². The molecule has 2 aromatic rings. The number of rotatable bonds is 7. The van der Waals surface area contributed by atoms with Gasteiger partial charge in [0.1, 0.15) is 5.60 Å². The SMILES string of the molecule is C=C(CCC1(CCC)Cc2ccccc2[C@H]1NC(=O)OC(C)(C)C)c1nccc(C)c1C. The maximum atomic E-state index is 12.8. The lowest BCUT2D eigenvalue weighted by Gasteiger charge is -2.37. The van der Waals surface area contributed by atoms with Crippen LogP contribution in [0.4, 0.5) is 4.79 Å². The molecule has 0 spiro atoms. The van der Waals surface area contributed by atoms with Gasteiger partial charge in [-0.15, -0.1) is 0 Å². The lowest BCUT2D eigenvalue weighted by Crippen LogP contribution is -2.41. The van der Waals surface area contributed by atoms with Gasteiger partial charge in [-0.05, 0) is 99.6 Å². The number of carbonyl (C=O) groups excluding carboxylic acids is 1. The Morgan fingerprint density at radius 1 is 1.22 bits per heavy atom. The number of alkyl carbamates (subject to hydrolysis) is 1. The summed E-state index contributed by atoms with van der Waals surface area (Å²) in [6.45, 7) is 16.5. The van der Waals surface area contributed by atoms with Gasteiger partial charge in [0, 0.05) is 6.20 Å². The van der Waals surface area contributed by atoms with Crippen molar-refractivity contribution in [3.05, 3.63) is 71.1 Å². The molecule has 4 nitrogen and oxygen atoms in total. The Kier molecular flexibility index (Phi) is 7.12. The number of carbonyl (C=O) groups is 1. The second-order valence-electron chi connectivity index (χ2n) is 10.3. The summed E-state index contributed by atoms with van der Waals surface area (Å²) in [6, 6.07) is 10.5. The molecule has 1 N–H and O–H groups in total. The Morgan fingerprint density at radius 3 is 2.62 bits per heavy atom. The second kappa shape index (κ2) is 9.48. The molecule has 1 aliphatic rings. The first kappa shape index (κ1) is 24.0. The van der Waals surface area contributed by atoms with E-state index in [-0.39, 0.29) is 17.6 Å². The minimum atomic E-state index is -0.529. The third kappa shape index (κ3) is 5.23. The minimum Gasteiger partial charge on any atom is -0.444 e. The lowest BCUT2D eigenvalue weighted by molar-refractivity contribution is 0.0435. The first-order chi connectivity index (χ1) is 15.1. The summed E-state index contributed by atoms with van der Waals surface area (Å²) in [7, 11) is 0. The highest BCUT2D eigenvalue weighted by Crippen LogP contribution is 2.52. The van der Waals surface area contributed by atoms with Crippen molar-refractivity contribution in [3.8, 4) is 0 Å². The zero-order valence-electron chi connectivity index (χ0n) is 20.5. The van der Waals surface area contributed by atoms with Gasteiger partial charge in [-0.1, -0.05) is 44.2 Å². The molecule has 0 fully saturated rings. The van der Waals surface area contributed by atoms with Crippen LogP contribution in [0.25, 0.3) is 5.57 Å². The van der Waals surface area contributed by atoms with E-state index in [1.54, 1.807) is 0 Å². The number of amides is 1. The van der Waals surface area contributed by atoms with Crippen molar-refractivity contribution in [2.24, 2.45) is 5.41 Å². The van der Waals surface area contributed by atoms with Gasteiger partial charge in [-0.25, -0.2) is 4.79 Å². The largest absolute Gasteiger partial charge is 0.444 e. The van der Waals surface area contributed by atoms with E-state index in [4.69, 9.17) is 4.74 Å². The summed E-state index contributed by atoms with van der Waals surface area (Å²) in [5.41, 5.74) is 6.42. The highest BCUT2D eigenvalue weighted by molar-refractivity contribution is 5.69. The predicted molar refractivity (Wildman–Crippen MR) is 132 cm³/mol. The van der Waals surface area contributed by atoms with E-state index in [0.29, 0.717) is 0 Å². The smallest absolute Gasteiger partial charge is 0.408 e. The van der Waals surface area contributed by atoms with E-state index < -0.39 is 5.60 Å². The summed E-state index contributed by atoms with van der Waals surface area (Å²) < 4.78 is 5.63. The number of nitrogens with one attached hydrogen (secondary N) is 1. The molecule has 3 rings (SSSR count). The second-order valence-corrected chi connectivity index (χ2v) is 10.3. The maximum Gasteiger partial charge on any atom is 0.408 e. The van der Waals surface area contributed by atoms with Crippen molar-refractivity contribution in [3.63, 3.8) is 0 Å². The van der Waals surface area contributed by atoms with Crippen LogP contribution in [0.3, 0.4) is 0 Å². The number of allylic oxidation sites excluding steroid dienone is 1. The molecule has 4 heteroatoms. The number of aryl methyl sites for hydroxylation is 1. The first-order valence-electron chi connectivity index (χ1n) is 11.7. The molecule has 0 aliphatic heterocycles. The molecule has 1 aromatic carbocycles. The van der Waals surface area contributed by atoms with Crippen molar-refractivity contribution < 1.29 is 9.53 Å². The van der Waals surface area contributed by atoms with Crippen molar-refractivity contribution >= 4 is 11.7 Å². The number of pyridine rings is 1. The van der Waals surface area contributed by atoms with Gasteiger partial charge in [0.2, 0.25) is 0 Å². The predicted octanol–water partition coefficient (Wildman–Crippen LogP) is 7.10. The number of nitrogens with zero attached hydrogens (tertiary/aromatic N) is 1. The van der Waals surface area contributed by atoms with E-state index in [1.807, 2.05) is 33.0 Å². The number of ether oxygens (including phenoxy) is 1. The molecule has 0 bridgehead atoms. The fourth-order valence-corrected chi connectivity index (χ4v) is 5.04. The van der Waals surface area contributed by atoms with Crippen LogP contribution in [-0.2, 0) is 11.2 Å². The number of fused-ring (bicyclic) bond motifs is 1. The number of hydrogen-bond donors (Lipinski definition) is 1.